The van der Waals surface area contributed by atoms with Crippen molar-refractivity contribution in [3.8, 4) is 0 Å². The summed E-state index contributed by atoms with van der Waals surface area (Å²) >= 11 is 0. The second-order valence-corrected chi connectivity index (χ2v) is 4.99. The molecule has 3 heteroatoms. The Morgan fingerprint density at radius 3 is 2.88 bits per heavy atom. The van der Waals surface area contributed by atoms with Crippen LogP contribution in [0.1, 0.15) is 29.5 Å². The molecule has 0 N–H and O–H groups in total. The van der Waals surface area contributed by atoms with E-state index in [0.29, 0.717) is 6.61 Å². The maximum absolute atomic E-state index is 13.6. The number of fused-ring (bicyclic) bond motifs is 1. The third-order valence-corrected chi connectivity index (χ3v) is 3.75. The fourth-order valence-corrected chi connectivity index (χ4v) is 2.88. The molecule has 0 aromatic heterocycles. The van der Waals surface area contributed by atoms with Gasteiger partial charge in [-0.1, -0.05) is 0 Å². The van der Waals surface area contributed by atoms with E-state index in [4.69, 9.17) is 4.74 Å². The van der Waals surface area contributed by atoms with Crippen LogP contribution in [-0.2, 0) is 24.3 Å². The lowest BCUT2D eigenvalue weighted by Gasteiger charge is -2.23. The molecule has 0 saturated carbocycles. The summed E-state index contributed by atoms with van der Waals surface area (Å²) in [6, 6.07) is 3.34. The average molecular weight is 235 g/mol. The Morgan fingerprint density at radius 1 is 1.24 bits per heavy atom. The van der Waals surface area contributed by atoms with E-state index in [0.717, 1.165) is 38.2 Å². The van der Waals surface area contributed by atoms with Gasteiger partial charge >= 0.3 is 0 Å². The molecule has 1 saturated heterocycles. The van der Waals surface area contributed by atoms with Crippen molar-refractivity contribution >= 4 is 0 Å². The minimum absolute atomic E-state index is 0.122. The molecule has 0 radical (unpaired) electrons. The van der Waals surface area contributed by atoms with Gasteiger partial charge in [0.2, 0.25) is 0 Å². The normalized spacial score (nSPS) is 20.5. The summed E-state index contributed by atoms with van der Waals surface area (Å²) in [7, 11) is 0. The number of likely N-dealkylation sites (tertiary alicyclic amines) is 1. The lowest BCUT2D eigenvalue weighted by atomic mass is 9.96. The van der Waals surface area contributed by atoms with E-state index in [1.807, 2.05) is 0 Å². The molecule has 2 aliphatic rings. The van der Waals surface area contributed by atoms with Gasteiger partial charge in [-0.3, -0.25) is 4.90 Å². The largest absolute Gasteiger partial charge is 0.376 e. The first kappa shape index (κ1) is 11.2. The van der Waals surface area contributed by atoms with Crippen LogP contribution in [0.15, 0.2) is 12.1 Å². The molecule has 2 aliphatic heterocycles. The van der Waals surface area contributed by atoms with E-state index in [2.05, 4.69) is 4.90 Å². The number of hydrogen-bond acceptors (Lipinski definition) is 2. The third kappa shape index (κ3) is 2.35. The fourth-order valence-electron chi connectivity index (χ4n) is 2.88. The van der Waals surface area contributed by atoms with Gasteiger partial charge in [0.25, 0.3) is 0 Å². The number of ether oxygens (including phenoxy) is 1. The molecule has 0 spiro atoms. The van der Waals surface area contributed by atoms with Crippen molar-refractivity contribution in [3.05, 3.63) is 34.6 Å². The molecule has 0 atom stereocenters. The van der Waals surface area contributed by atoms with Crippen LogP contribution in [0.3, 0.4) is 0 Å². The first-order valence-electron chi connectivity index (χ1n) is 6.43. The zero-order valence-electron chi connectivity index (χ0n) is 10.0. The van der Waals surface area contributed by atoms with Gasteiger partial charge in [-0.25, -0.2) is 4.39 Å². The molecule has 1 aromatic carbocycles. The highest BCUT2D eigenvalue weighted by atomic mass is 19.1. The van der Waals surface area contributed by atoms with Gasteiger partial charge in [-0.2, -0.15) is 0 Å². The Kier molecular flexibility index (Phi) is 3.12. The highest BCUT2D eigenvalue weighted by molar-refractivity contribution is 5.37. The number of halogens is 1. The van der Waals surface area contributed by atoms with E-state index >= 15 is 0 Å². The van der Waals surface area contributed by atoms with Crippen molar-refractivity contribution in [1.82, 2.24) is 4.90 Å². The van der Waals surface area contributed by atoms with Gasteiger partial charge in [0.1, 0.15) is 5.82 Å². The molecule has 0 bridgehead atoms. The van der Waals surface area contributed by atoms with Crippen LogP contribution in [0.2, 0.25) is 0 Å². The van der Waals surface area contributed by atoms with E-state index in [1.54, 1.807) is 12.1 Å². The van der Waals surface area contributed by atoms with Crippen molar-refractivity contribution in [3.63, 3.8) is 0 Å². The summed E-state index contributed by atoms with van der Waals surface area (Å²) in [6.07, 6.45) is 3.49. The van der Waals surface area contributed by atoms with Crippen molar-refractivity contribution in [1.29, 1.82) is 0 Å². The first-order valence-corrected chi connectivity index (χ1v) is 6.43. The lowest BCUT2D eigenvalue weighted by molar-refractivity contribution is 0.110. The Bertz CT molecular complexity index is 413. The molecule has 0 aliphatic carbocycles. The summed E-state index contributed by atoms with van der Waals surface area (Å²) < 4.78 is 19.0. The van der Waals surface area contributed by atoms with E-state index < -0.39 is 0 Å². The summed E-state index contributed by atoms with van der Waals surface area (Å²) in [5.74, 6) is -0.122. The second-order valence-electron chi connectivity index (χ2n) is 4.99. The fraction of sp³-hybridized carbons (Fsp3) is 0.571. The summed E-state index contributed by atoms with van der Waals surface area (Å²) in [5.41, 5.74) is 3.54. The molecule has 0 amide bonds. The Morgan fingerprint density at radius 2 is 2.06 bits per heavy atom. The minimum Gasteiger partial charge on any atom is -0.376 e. The summed E-state index contributed by atoms with van der Waals surface area (Å²) in [5, 5.41) is 0. The molecular weight excluding hydrogens is 217 g/mol. The van der Waals surface area contributed by atoms with Crippen molar-refractivity contribution in [2.75, 3.05) is 19.7 Å². The molecule has 2 nitrogen and oxygen atoms in total. The molecule has 17 heavy (non-hydrogen) atoms. The van der Waals surface area contributed by atoms with E-state index in [9.17, 15) is 4.39 Å². The molecule has 1 fully saturated rings. The van der Waals surface area contributed by atoms with E-state index in [-0.39, 0.29) is 5.82 Å². The number of hydrogen-bond donors (Lipinski definition) is 0. The van der Waals surface area contributed by atoms with Gasteiger partial charge in [0.05, 0.1) is 13.2 Å². The zero-order valence-corrected chi connectivity index (χ0v) is 10.0. The van der Waals surface area contributed by atoms with Crippen molar-refractivity contribution in [2.24, 2.45) is 0 Å². The van der Waals surface area contributed by atoms with E-state index in [1.165, 1.54) is 24.0 Å². The number of rotatable bonds is 2. The maximum atomic E-state index is 13.6. The summed E-state index contributed by atoms with van der Waals surface area (Å²) in [6.45, 7) is 4.55. The molecule has 3 rings (SSSR count). The summed E-state index contributed by atoms with van der Waals surface area (Å²) in [4.78, 5) is 2.42. The lowest BCUT2D eigenvalue weighted by Crippen LogP contribution is -2.21. The predicted octanol–water partition coefficient (Wildman–Crippen LogP) is 2.49. The van der Waals surface area contributed by atoms with Crippen LogP contribution in [0.5, 0.6) is 0 Å². The van der Waals surface area contributed by atoms with Crippen LogP contribution < -0.4 is 0 Å². The second kappa shape index (κ2) is 4.75. The smallest absolute Gasteiger partial charge is 0.123 e. The zero-order chi connectivity index (χ0) is 11.7. The Labute approximate surface area is 101 Å². The van der Waals surface area contributed by atoms with Crippen LogP contribution >= 0.6 is 0 Å². The van der Waals surface area contributed by atoms with Crippen LogP contribution in [-0.4, -0.2) is 24.6 Å². The topological polar surface area (TPSA) is 12.5 Å². The van der Waals surface area contributed by atoms with Crippen LogP contribution in [0, 0.1) is 5.82 Å². The van der Waals surface area contributed by atoms with Gasteiger partial charge in [0, 0.05) is 6.54 Å². The van der Waals surface area contributed by atoms with Crippen molar-refractivity contribution < 1.29 is 9.13 Å². The number of benzene rings is 1. The van der Waals surface area contributed by atoms with Crippen molar-refractivity contribution in [2.45, 2.75) is 32.4 Å². The Hall–Kier alpha value is -0.930. The van der Waals surface area contributed by atoms with Gasteiger partial charge < -0.3 is 4.74 Å². The van der Waals surface area contributed by atoms with Gasteiger partial charge in [0.15, 0.2) is 0 Å². The van der Waals surface area contributed by atoms with Crippen LogP contribution in [0.25, 0.3) is 0 Å². The molecular formula is C14H18FNO. The molecule has 92 valence electrons. The SMILES string of the molecule is Fc1cc2c(c(CN3CCCC3)c1)CCOC2. The average Bonchev–Trinajstić information content (AvgIpc) is 2.81. The Balaban J connectivity index is 1.88. The van der Waals surface area contributed by atoms with Crippen LogP contribution in [0.4, 0.5) is 4.39 Å². The predicted molar refractivity (Wildman–Crippen MR) is 64.3 cm³/mol. The highest BCUT2D eigenvalue weighted by Crippen LogP contribution is 2.24. The minimum atomic E-state index is -0.122. The quantitative estimate of drug-likeness (QED) is 0.781. The standard InChI is InChI=1S/C14H18FNO/c15-13-7-11(9-16-4-1-2-5-16)14-3-6-17-10-12(14)8-13/h7-8H,1-6,9-10H2. The monoisotopic (exact) mass is 235 g/mol. The van der Waals surface area contributed by atoms with Gasteiger partial charge in [-0.15, -0.1) is 0 Å². The molecule has 2 heterocycles. The number of nitrogens with zero attached hydrogens (tertiary/aromatic N) is 1. The maximum Gasteiger partial charge on any atom is 0.123 e. The highest BCUT2D eigenvalue weighted by Gasteiger charge is 2.18. The molecule has 1 aromatic rings. The molecule has 0 unspecified atom stereocenters. The first-order chi connectivity index (χ1) is 8.33. The van der Waals surface area contributed by atoms with Gasteiger partial charge in [-0.05, 0) is 61.2 Å². The third-order valence-electron chi connectivity index (χ3n) is 3.75.